The smallest absolute Gasteiger partial charge is 0.302 e. The highest BCUT2D eigenvalue weighted by molar-refractivity contribution is 5.73. The summed E-state index contributed by atoms with van der Waals surface area (Å²) in [4.78, 5) is 22.4. The number of carbonyl (C=O) groups excluding carboxylic acids is 2. The number of rotatable bonds is 13. The zero-order valence-electron chi connectivity index (χ0n) is 16.7. The molecule has 0 bridgehead atoms. The average Bonchev–Trinajstić information content (AvgIpc) is 2.57. The molecule has 0 saturated carbocycles. The minimum absolute atomic E-state index is 0.120. The Bertz CT molecular complexity index is 504. The molecule has 0 fully saturated rings. The van der Waals surface area contributed by atoms with Gasteiger partial charge >= 0.3 is 5.97 Å². The fourth-order valence-electron chi connectivity index (χ4n) is 2.40. The van der Waals surface area contributed by atoms with Crippen molar-refractivity contribution in [1.29, 1.82) is 0 Å². The topological polar surface area (TPSA) is 55.4 Å². The van der Waals surface area contributed by atoms with Crippen molar-refractivity contribution >= 4 is 11.9 Å². The predicted molar refractivity (Wildman–Crippen MR) is 109 cm³/mol. The molecule has 4 heteroatoms. The van der Waals surface area contributed by atoms with Crippen LogP contribution in [0.1, 0.15) is 66.2 Å². The summed E-state index contributed by atoms with van der Waals surface area (Å²) in [5, 5.41) is 2.78. The van der Waals surface area contributed by atoms with Crippen molar-refractivity contribution in [2.75, 3.05) is 0 Å². The van der Waals surface area contributed by atoms with Gasteiger partial charge in [0.25, 0.3) is 0 Å². The van der Waals surface area contributed by atoms with Crippen LogP contribution in [0.25, 0.3) is 0 Å². The Balaban J connectivity index is 4.02. The van der Waals surface area contributed by atoms with Crippen LogP contribution >= 0.6 is 0 Å². The molecule has 4 nitrogen and oxygen atoms in total. The second kappa shape index (κ2) is 16.4. The molecule has 0 aliphatic carbocycles. The Kier molecular flexibility index (Phi) is 15.1. The monoisotopic (exact) mass is 361 g/mol. The summed E-state index contributed by atoms with van der Waals surface area (Å²) in [6, 6.07) is -0.191. The summed E-state index contributed by atoms with van der Waals surface area (Å²) in [6.45, 7) is 6.84. The van der Waals surface area contributed by atoms with E-state index in [1.807, 2.05) is 6.92 Å². The average molecular weight is 362 g/mol. The first-order chi connectivity index (χ1) is 12.5. The molecule has 1 amide bonds. The molecular formula is C22H35NO3. The van der Waals surface area contributed by atoms with Crippen molar-refractivity contribution in [2.45, 2.75) is 78.4 Å². The Morgan fingerprint density at radius 2 is 1.38 bits per heavy atom. The van der Waals surface area contributed by atoms with E-state index in [0.717, 1.165) is 32.1 Å². The largest absolute Gasteiger partial charge is 0.460 e. The van der Waals surface area contributed by atoms with Crippen LogP contribution in [-0.4, -0.2) is 24.0 Å². The fourth-order valence-corrected chi connectivity index (χ4v) is 2.40. The van der Waals surface area contributed by atoms with Crippen LogP contribution < -0.4 is 5.32 Å². The molecule has 0 spiro atoms. The molecule has 26 heavy (non-hydrogen) atoms. The Labute approximate surface area is 159 Å². The predicted octanol–water partition coefficient (Wildman–Crippen LogP) is 5.03. The fraction of sp³-hybridized carbons (Fsp3) is 0.545. The van der Waals surface area contributed by atoms with Gasteiger partial charge in [-0.2, -0.15) is 0 Å². The van der Waals surface area contributed by atoms with Gasteiger partial charge in [0.05, 0.1) is 6.04 Å². The van der Waals surface area contributed by atoms with E-state index in [9.17, 15) is 9.59 Å². The van der Waals surface area contributed by atoms with Gasteiger partial charge in [-0.1, -0.05) is 55.5 Å². The minimum Gasteiger partial charge on any atom is -0.460 e. The van der Waals surface area contributed by atoms with Crippen molar-refractivity contribution in [3.63, 3.8) is 0 Å². The normalized spacial score (nSPS) is 14.5. The van der Waals surface area contributed by atoms with Crippen LogP contribution in [-0.2, 0) is 14.3 Å². The van der Waals surface area contributed by atoms with Gasteiger partial charge in [-0.25, -0.2) is 0 Å². The lowest BCUT2D eigenvalue weighted by atomic mass is 10.1. The molecule has 0 rings (SSSR count). The van der Waals surface area contributed by atoms with Crippen LogP contribution in [0.4, 0.5) is 0 Å². The third-order valence-electron chi connectivity index (χ3n) is 3.64. The van der Waals surface area contributed by atoms with E-state index in [-0.39, 0.29) is 24.0 Å². The van der Waals surface area contributed by atoms with Crippen LogP contribution in [0.2, 0.25) is 0 Å². The zero-order chi connectivity index (χ0) is 19.6. The summed E-state index contributed by atoms with van der Waals surface area (Å²) in [7, 11) is 0. The van der Waals surface area contributed by atoms with Crippen molar-refractivity contribution in [2.24, 2.45) is 0 Å². The first-order valence-electron chi connectivity index (χ1n) is 9.51. The molecular weight excluding hydrogens is 326 g/mol. The van der Waals surface area contributed by atoms with Gasteiger partial charge in [-0.05, 0) is 45.4 Å². The zero-order valence-corrected chi connectivity index (χ0v) is 16.7. The Hall–Kier alpha value is -2.10. The molecule has 0 unspecified atom stereocenters. The third kappa shape index (κ3) is 15.4. The van der Waals surface area contributed by atoms with Gasteiger partial charge < -0.3 is 10.1 Å². The molecule has 0 aromatic carbocycles. The van der Waals surface area contributed by atoms with Crippen molar-refractivity contribution in [3.05, 3.63) is 48.6 Å². The Morgan fingerprint density at radius 1 is 0.885 bits per heavy atom. The Morgan fingerprint density at radius 3 is 1.85 bits per heavy atom. The number of esters is 1. The lowest BCUT2D eigenvalue weighted by molar-refractivity contribution is -0.148. The number of ether oxygens (including phenoxy) is 1. The van der Waals surface area contributed by atoms with Crippen LogP contribution in [0.5, 0.6) is 0 Å². The number of amides is 1. The molecule has 0 heterocycles. The highest BCUT2D eigenvalue weighted by atomic mass is 16.5. The van der Waals surface area contributed by atoms with E-state index in [4.69, 9.17) is 4.74 Å². The first-order valence-corrected chi connectivity index (χ1v) is 9.51. The number of hydrogen-bond acceptors (Lipinski definition) is 3. The van der Waals surface area contributed by atoms with E-state index in [0.29, 0.717) is 6.42 Å². The van der Waals surface area contributed by atoms with Gasteiger partial charge in [0, 0.05) is 13.8 Å². The van der Waals surface area contributed by atoms with Gasteiger partial charge in [-0.15, -0.1) is 0 Å². The van der Waals surface area contributed by atoms with Crippen LogP contribution in [0, 0.1) is 0 Å². The first kappa shape index (κ1) is 23.9. The van der Waals surface area contributed by atoms with Gasteiger partial charge in [0.2, 0.25) is 5.91 Å². The van der Waals surface area contributed by atoms with Crippen molar-refractivity contribution in [3.8, 4) is 0 Å². The lowest BCUT2D eigenvalue weighted by Gasteiger charge is -2.23. The highest BCUT2D eigenvalue weighted by Gasteiger charge is 2.20. The number of nitrogens with one attached hydrogen (secondary N) is 1. The maximum absolute atomic E-state index is 11.2. The van der Waals surface area contributed by atoms with Crippen LogP contribution in [0.3, 0.4) is 0 Å². The SMILES string of the molecule is CC/C=C\C/C=C\C/C=C\C/C=C\CC[C@@H](OC(C)=O)[C@H](C)NC(C)=O. The van der Waals surface area contributed by atoms with E-state index in [1.54, 1.807) is 0 Å². The quantitative estimate of drug-likeness (QED) is 0.370. The molecule has 0 aromatic rings. The molecule has 2 atom stereocenters. The van der Waals surface area contributed by atoms with Crippen molar-refractivity contribution in [1.82, 2.24) is 5.32 Å². The maximum Gasteiger partial charge on any atom is 0.302 e. The van der Waals surface area contributed by atoms with Gasteiger partial charge in [0.15, 0.2) is 0 Å². The molecule has 0 radical (unpaired) electrons. The summed E-state index contributed by atoms with van der Waals surface area (Å²) >= 11 is 0. The molecule has 0 aliphatic rings. The molecule has 1 N–H and O–H groups in total. The number of hydrogen-bond donors (Lipinski definition) is 1. The van der Waals surface area contributed by atoms with Crippen molar-refractivity contribution < 1.29 is 14.3 Å². The standard InChI is InChI=1S/C22H35NO3/c1-5-6-7-8-9-10-11-12-13-14-15-16-17-18-22(26-21(4)25)19(2)23-20(3)24/h6-7,9-10,12-13,15-16,19,22H,5,8,11,14,17-18H2,1-4H3,(H,23,24)/b7-6-,10-9-,13-12-,16-15-/t19-,22+/m0/s1. The molecule has 0 aliphatic heterocycles. The maximum atomic E-state index is 11.2. The van der Waals surface area contributed by atoms with Gasteiger partial charge in [-0.3, -0.25) is 9.59 Å². The summed E-state index contributed by atoms with van der Waals surface area (Å²) in [5.41, 5.74) is 0. The summed E-state index contributed by atoms with van der Waals surface area (Å²) in [6.07, 6.45) is 22.3. The second-order valence-electron chi connectivity index (χ2n) is 6.22. The molecule has 146 valence electrons. The lowest BCUT2D eigenvalue weighted by Crippen LogP contribution is -2.42. The van der Waals surface area contributed by atoms with E-state index < -0.39 is 0 Å². The summed E-state index contributed by atoms with van der Waals surface area (Å²) in [5.74, 6) is -0.442. The molecule has 0 aromatic heterocycles. The van der Waals surface area contributed by atoms with Gasteiger partial charge in [0.1, 0.15) is 6.10 Å². The van der Waals surface area contributed by atoms with E-state index >= 15 is 0 Å². The molecule has 0 saturated heterocycles. The summed E-state index contributed by atoms with van der Waals surface area (Å²) < 4.78 is 5.31. The number of allylic oxidation sites excluding steroid dienone is 8. The minimum atomic E-state index is -0.322. The third-order valence-corrected chi connectivity index (χ3v) is 3.64. The highest BCUT2D eigenvalue weighted by Crippen LogP contribution is 2.09. The number of carbonyl (C=O) groups is 2. The van der Waals surface area contributed by atoms with E-state index in [1.165, 1.54) is 13.8 Å². The van der Waals surface area contributed by atoms with Crippen LogP contribution in [0.15, 0.2) is 48.6 Å². The second-order valence-corrected chi connectivity index (χ2v) is 6.22. The van der Waals surface area contributed by atoms with E-state index in [2.05, 4.69) is 60.8 Å².